The van der Waals surface area contributed by atoms with Gasteiger partial charge in [-0.05, 0) is 76.3 Å². The Labute approximate surface area is 161 Å². The minimum absolute atomic E-state index is 0.0427. The summed E-state index contributed by atoms with van der Waals surface area (Å²) in [6.07, 6.45) is 7.63. The van der Waals surface area contributed by atoms with Crippen molar-refractivity contribution >= 4 is 11.9 Å². The van der Waals surface area contributed by atoms with E-state index >= 15 is 0 Å². The number of carboxylic acid groups (broad SMARTS) is 1. The third-order valence-corrected chi connectivity index (χ3v) is 5.70. The quantitative estimate of drug-likeness (QED) is 0.829. The number of likely N-dealkylation sites (N-methyl/N-ethyl adjacent to an activating group) is 1. The van der Waals surface area contributed by atoms with Gasteiger partial charge in [-0.25, -0.2) is 0 Å². The maximum absolute atomic E-state index is 12.8. The number of rotatable bonds is 6. The van der Waals surface area contributed by atoms with Crippen molar-refractivity contribution in [3.8, 4) is 5.75 Å². The molecule has 1 N–H and O–H groups in total. The van der Waals surface area contributed by atoms with Crippen molar-refractivity contribution in [3.05, 3.63) is 29.8 Å². The Balaban J connectivity index is 1.54. The first kappa shape index (κ1) is 19.7. The summed E-state index contributed by atoms with van der Waals surface area (Å²) in [5.41, 5.74) is 0.686. The van der Waals surface area contributed by atoms with E-state index in [1.165, 1.54) is 12.8 Å². The zero-order valence-corrected chi connectivity index (χ0v) is 16.1. The molecule has 1 aromatic carbocycles. The second-order valence-corrected chi connectivity index (χ2v) is 7.73. The van der Waals surface area contributed by atoms with Gasteiger partial charge in [0.15, 0.2) is 0 Å². The monoisotopic (exact) mass is 374 g/mol. The summed E-state index contributed by atoms with van der Waals surface area (Å²) < 4.78 is 5.97. The Kier molecular flexibility index (Phi) is 6.72. The molecular weight excluding hydrogens is 344 g/mol. The Bertz CT molecular complexity index is 640. The summed E-state index contributed by atoms with van der Waals surface area (Å²) in [7, 11) is 1.85. The molecule has 1 atom stereocenters. The van der Waals surface area contributed by atoms with Crippen LogP contribution in [0.3, 0.4) is 0 Å². The molecule has 6 nitrogen and oxygen atoms in total. The van der Waals surface area contributed by atoms with E-state index in [0.717, 1.165) is 44.4 Å². The van der Waals surface area contributed by atoms with Gasteiger partial charge in [-0.15, -0.1) is 0 Å². The van der Waals surface area contributed by atoms with Gasteiger partial charge in [0.1, 0.15) is 5.75 Å². The first-order chi connectivity index (χ1) is 13.0. The van der Waals surface area contributed by atoms with Crippen molar-refractivity contribution in [3.63, 3.8) is 0 Å². The highest BCUT2D eigenvalue weighted by Crippen LogP contribution is 2.25. The molecule has 0 radical (unpaired) electrons. The number of amides is 1. The molecule has 6 heteroatoms. The lowest BCUT2D eigenvalue weighted by atomic mass is 10.1. The number of likely N-dealkylation sites (tertiary alicyclic amines) is 1. The van der Waals surface area contributed by atoms with Crippen molar-refractivity contribution in [2.75, 3.05) is 26.7 Å². The molecule has 0 spiro atoms. The van der Waals surface area contributed by atoms with Crippen LogP contribution in [0.1, 0.15) is 55.3 Å². The van der Waals surface area contributed by atoms with Gasteiger partial charge in [0.2, 0.25) is 0 Å². The molecule has 3 rings (SSSR count). The third kappa shape index (κ3) is 5.45. The van der Waals surface area contributed by atoms with E-state index < -0.39 is 5.97 Å². The van der Waals surface area contributed by atoms with Crippen LogP contribution in [-0.4, -0.2) is 65.6 Å². The molecule has 0 unspecified atom stereocenters. The smallest absolute Gasteiger partial charge is 0.317 e. The highest BCUT2D eigenvalue weighted by Gasteiger charge is 2.24. The molecule has 1 heterocycles. The molecule has 1 saturated carbocycles. The molecule has 1 aliphatic heterocycles. The highest BCUT2D eigenvalue weighted by molar-refractivity contribution is 5.94. The Morgan fingerprint density at radius 2 is 1.78 bits per heavy atom. The number of carbonyl (C=O) groups is 2. The van der Waals surface area contributed by atoms with Gasteiger partial charge in [0.05, 0.1) is 12.6 Å². The van der Waals surface area contributed by atoms with Crippen molar-refractivity contribution < 1.29 is 19.4 Å². The lowest BCUT2D eigenvalue weighted by molar-refractivity contribution is -0.138. The van der Waals surface area contributed by atoms with Crippen LogP contribution in [0.5, 0.6) is 5.75 Å². The van der Waals surface area contributed by atoms with E-state index in [9.17, 15) is 9.59 Å². The first-order valence-corrected chi connectivity index (χ1v) is 10.0. The Morgan fingerprint density at radius 1 is 1.07 bits per heavy atom. The summed E-state index contributed by atoms with van der Waals surface area (Å²) in [5.74, 6) is 0.0724. The largest absolute Gasteiger partial charge is 0.490 e. The number of nitrogens with zero attached hydrogens (tertiary/aromatic N) is 2. The summed E-state index contributed by atoms with van der Waals surface area (Å²) in [6.45, 7) is 1.42. The number of carboxylic acids is 1. The summed E-state index contributed by atoms with van der Waals surface area (Å²) in [5, 5.41) is 8.97. The molecule has 1 amide bonds. The van der Waals surface area contributed by atoms with Crippen molar-refractivity contribution in [2.45, 2.75) is 57.1 Å². The maximum atomic E-state index is 12.8. The number of hydrogen-bond donors (Lipinski definition) is 1. The fourth-order valence-electron chi connectivity index (χ4n) is 4.12. The zero-order valence-electron chi connectivity index (χ0n) is 16.1. The van der Waals surface area contributed by atoms with Crippen molar-refractivity contribution in [1.82, 2.24) is 9.80 Å². The molecule has 0 aromatic heterocycles. The molecule has 148 valence electrons. The van der Waals surface area contributed by atoms with Gasteiger partial charge < -0.3 is 14.7 Å². The van der Waals surface area contributed by atoms with Gasteiger partial charge in [-0.1, -0.05) is 0 Å². The second kappa shape index (κ2) is 9.22. The molecule has 1 aromatic rings. The molecule has 2 aliphatic rings. The fourth-order valence-corrected chi connectivity index (χ4v) is 4.12. The van der Waals surface area contributed by atoms with Crippen LogP contribution in [0.4, 0.5) is 0 Å². The average Bonchev–Trinajstić information content (AvgIpc) is 3.02. The number of hydrogen-bond acceptors (Lipinski definition) is 4. The van der Waals surface area contributed by atoms with Crippen LogP contribution >= 0.6 is 0 Å². The number of benzene rings is 1. The predicted molar refractivity (Wildman–Crippen MR) is 103 cm³/mol. The van der Waals surface area contributed by atoms with E-state index in [0.29, 0.717) is 18.2 Å². The average molecular weight is 374 g/mol. The lowest BCUT2D eigenvalue weighted by Gasteiger charge is -2.25. The lowest BCUT2D eigenvalue weighted by Crippen LogP contribution is -2.37. The predicted octanol–water partition coefficient (Wildman–Crippen LogP) is 3.02. The van der Waals surface area contributed by atoms with Crippen LogP contribution in [0.25, 0.3) is 0 Å². The topological polar surface area (TPSA) is 70.1 Å². The summed E-state index contributed by atoms with van der Waals surface area (Å²) in [4.78, 5) is 27.5. The standard InChI is InChI=1S/C21H30N2O4/c1-22(15-20(24)25)17-5-4-13-23(14-12-17)21(26)16-8-10-19(11-9-16)27-18-6-2-3-7-18/h8-11,17-18H,2-7,12-15H2,1H3,(H,24,25)/t17-/m1/s1. The summed E-state index contributed by atoms with van der Waals surface area (Å²) in [6, 6.07) is 7.71. The van der Waals surface area contributed by atoms with Gasteiger partial charge in [0.25, 0.3) is 5.91 Å². The first-order valence-electron chi connectivity index (χ1n) is 10.0. The molecule has 1 saturated heterocycles. The van der Waals surface area contributed by atoms with E-state index in [1.54, 1.807) is 0 Å². The van der Waals surface area contributed by atoms with Gasteiger partial charge in [-0.2, -0.15) is 0 Å². The van der Waals surface area contributed by atoms with Crippen molar-refractivity contribution in [2.24, 2.45) is 0 Å². The maximum Gasteiger partial charge on any atom is 0.317 e. The van der Waals surface area contributed by atoms with E-state index in [1.807, 2.05) is 41.1 Å². The Hall–Kier alpha value is -2.08. The Morgan fingerprint density at radius 3 is 2.44 bits per heavy atom. The van der Waals surface area contributed by atoms with E-state index in [-0.39, 0.29) is 18.5 Å². The van der Waals surface area contributed by atoms with Crippen LogP contribution < -0.4 is 4.74 Å². The third-order valence-electron chi connectivity index (χ3n) is 5.70. The van der Waals surface area contributed by atoms with Gasteiger partial charge in [0, 0.05) is 24.7 Å². The molecule has 2 fully saturated rings. The minimum Gasteiger partial charge on any atom is -0.490 e. The minimum atomic E-state index is -0.811. The van der Waals surface area contributed by atoms with Crippen LogP contribution in [0, 0.1) is 0 Å². The molecule has 1 aliphatic carbocycles. The van der Waals surface area contributed by atoms with Crippen LogP contribution in [0.2, 0.25) is 0 Å². The normalized spacial score (nSPS) is 21.3. The van der Waals surface area contributed by atoms with Gasteiger partial charge >= 0.3 is 5.97 Å². The van der Waals surface area contributed by atoms with Gasteiger partial charge in [-0.3, -0.25) is 14.5 Å². The van der Waals surface area contributed by atoms with E-state index in [4.69, 9.17) is 9.84 Å². The SMILES string of the molecule is CN(CC(=O)O)[C@@H]1CCCN(C(=O)c2ccc(OC3CCCC3)cc2)CC1. The number of aliphatic carboxylic acids is 1. The van der Waals surface area contributed by atoms with E-state index in [2.05, 4.69) is 0 Å². The van der Waals surface area contributed by atoms with Crippen molar-refractivity contribution in [1.29, 1.82) is 0 Å². The second-order valence-electron chi connectivity index (χ2n) is 7.73. The molecule has 27 heavy (non-hydrogen) atoms. The highest BCUT2D eigenvalue weighted by atomic mass is 16.5. The molecule has 0 bridgehead atoms. The number of ether oxygens (including phenoxy) is 1. The molecular formula is C21H30N2O4. The van der Waals surface area contributed by atoms with Crippen LogP contribution in [-0.2, 0) is 4.79 Å². The number of carbonyl (C=O) groups excluding carboxylic acids is 1. The van der Waals surface area contributed by atoms with Crippen LogP contribution in [0.15, 0.2) is 24.3 Å². The zero-order chi connectivity index (χ0) is 19.2. The fraction of sp³-hybridized carbons (Fsp3) is 0.619. The summed E-state index contributed by atoms with van der Waals surface area (Å²) >= 11 is 0.